The van der Waals surface area contributed by atoms with E-state index in [1.165, 1.54) is 6.07 Å². The second-order valence-corrected chi connectivity index (χ2v) is 5.22. The van der Waals surface area contributed by atoms with E-state index < -0.39 is 0 Å². The quantitative estimate of drug-likeness (QED) is 0.527. The molecule has 0 saturated heterocycles. The number of nitrogens with one attached hydrogen (secondary N) is 1. The highest BCUT2D eigenvalue weighted by atomic mass is 32.2. The van der Waals surface area contributed by atoms with Gasteiger partial charge in [-0.15, -0.1) is 0 Å². The number of nitro benzene ring substituents is 1. The van der Waals surface area contributed by atoms with Gasteiger partial charge in [-0.05, 0) is 30.7 Å². The van der Waals surface area contributed by atoms with Crippen LogP contribution in [0.25, 0.3) is 0 Å². The first kappa shape index (κ1) is 11.1. The van der Waals surface area contributed by atoms with Crippen LogP contribution in [0.2, 0.25) is 0 Å². The number of hydrogen-bond donors (Lipinski definition) is 1. The number of hydrogen-bond acceptors (Lipinski definition) is 4. The fourth-order valence-corrected chi connectivity index (χ4v) is 2.96. The number of aryl methyl sites for hydroxylation is 1. The predicted molar refractivity (Wildman–Crippen MR) is 71.7 cm³/mol. The maximum atomic E-state index is 11.0. The highest BCUT2D eigenvalue weighted by Gasteiger charge is 2.23. The van der Waals surface area contributed by atoms with Gasteiger partial charge in [-0.3, -0.25) is 10.1 Å². The molecule has 0 aromatic heterocycles. The molecule has 90 valence electrons. The topological polar surface area (TPSA) is 55.2 Å². The van der Waals surface area contributed by atoms with E-state index >= 15 is 0 Å². The summed E-state index contributed by atoms with van der Waals surface area (Å²) < 4.78 is 0. The highest BCUT2D eigenvalue weighted by Crippen LogP contribution is 2.47. The zero-order chi connectivity index (χ0) is 12.7. The van der Waals surface area contributed by atoms with Crippen LogP contribution in [0.15, 0.2) is 46.2 Å². The van der Waals surface area contributed by atoms with E-state index in [1.54, 1.807) is 17.8 Å². The van der Waals surface area contributed by atoms with Crippen molar-refractivity contribution in [3.05, 3.63) is 52.1 Å². The third-order valence-electron chi connectivity index (χ3n) is 2.82. The van der Waals surface area contributed by atoms with Gasteiger partial charge in [0.2, 0.25) is 0 Å². The Labute approximate surface area is 108 Å². The molecule has 0 atom stereocenters. The lowest BCUT2D eigenvalue weighted by atomic mass is 10.2. The lowest BCUT2D eigenvalue weighted by Crippen LogP contribution is -2.03. The molecule has 0 bridgehead atoms. The lowest BCUT2D eigenvalue weighted by molar-refractivity contribution is -0.384. The Kier molecular flexibility index (Phi) is 2.48. The van der Waals surface area contributed by atoms with Crippen molar-refractivity contribution in [1.29, 1.82) is 0 Å². The molecular weight excluding hydrogens is 248 g/mol. The third-order valence-corrected chi connectivity index (χ3v) is 3.95. The maximum absolute atomic E-state index is 11.0. The van der Waals surface area contributed by atoms with Gasteiger partial charge in [-0.2, -0.15) is 0 Å². The maximum Gasteiger partial charge on any atom is 0.293 e. The molecule has 3 rings (SSSR count). The Bertz CT molecular complexity index is 655. The Morgan fingerprint density at radius 3 is 2.83 bits per heavy atom. The molecular formula is C13H10N2O2S. The minimum absolute atomic E-state index is 0.118. The summed E-state index contributed by atoms with van der Waals surface area (Å²) in [7, 11) is 0. The van der Waals surface area contributed by atoms with Gasteiger partial charge in [0.1, 0.15) is 5.69 Å². The molecule has 18 heavy (non-hydrogen) atoms. The summed E-state index contributed by atoms with van der Waals surface area (Å²) in [6.45, 7) is 2.00. The number of nitrogens with zero attached hydrogens (tertiary/aromatic N) is 1. The molecule has 0 radical (unpaired) electrons. The van der Waals surface area contributed by atoms with Crippen LogP contribution in [-0.2, 0) is 0 Å². The molecule has 1 heterocycles. The van der Waals surface area contributed by atoms with Crippen LogP contribution < -0.4 is 5.32 Å². The van der Waals surface area contributed by atoms with Crippen molar-refractivity contribution < 1.29 is 4.92 Å². The summed E-state index contributed by atoms with van der Waals surface area (Å²) in [5.74, 6) is 0. The standard InChI is InChI=1S/C13H10N2O2S/c1-8-5-6-11-9(7-8)14-13-10(15(16)17)3-2-4-12(13)18-11/h2-7,14H,1H3. The monoisotopic (exact) mass is 258 g/mol. The van der Waals surface area contributed by atoms with Crippen LogP contribution in [0, 0.1) is 17.0 Å². The molecule has 0 amide bonds. The van der Waals surface area contributed by atoms with Crippen molar-refractivity contribution in [3.8, 4) is 0 Å². The normalized spacial score (nSPS) is 12.3. The molecule has 2 aromatic rings. The summed E-state index contributed by atoms with van der Waals surface area (Å²) in [4.78, 5) is 12.6. The van der Waals surface area contributed by atoms with Gasteiger partial charge in [0.15, 0.2) is 0 Å². The van der Waals surface area contributed by atoms with Gasteiger partial charge in [0.25, 0.3) is 5.69 Å². The van der Waals surface area contributed by atoms with E-state index in [0.717, 1.165) is 21.0 Å². The van der Waals surface area contributed by atoms with E-state index in [2.05, 4.69) is 5.32 Å². The van der Waals surface area contributed by atoms with Crippen molar-refractivity contribution in [2.75, 3.05) is 5.32 Å². The largest absolute Gasteiger partial charge is 0.348 e. The van der Waals surface area contributed by atoms with Gasteiger partial charge in [0, 0.05) is 15.9 Å². The summed E-state index contributed by atoms with van der Waals surface area (Å²) in [6, 6.07) is 11.2. The van der Waals surface area contributed by atoms with Gasteiger partial charge >= 0.3 is 0 Å². The number of anilines is 2. The Morgan fingerprint density at radius 1 is 1.22 bits per heavy atom. The van der Waals surface area contributed by atoms with Crippen LogP contribution in [0.5, 0.6) is 0 Å². The summed E-state index contributed by atoms with van der Waals surface area (Å²) in [5, 5.41) is 14.2. The molecule has 0 aliphatic carbocycles. The van der Waals surface area contributed by atoms with Crippen molar-refractivity contribution in [2.24, 2.45) is 0 Å². The molecule has 5 heteroatoms. The SMILES string of the molecule is Cc1ccc2c(c1)Nc1c(cccc1[N+](=O)[O-])S2. The van der Waals surface area contributed by atoms with Crippen molar-refractivity contribution in [1.82, 2.24) is 0 Å². The van der Waals surface area contributed by atoms with Gasteiger partial charge in [0.05, 0.1) is 10.6 Å². The first-order valence-corrected chi connectivity index (χ1v) is 6.30. The van der Waals surface area contributed by atoms with Crippen LogP contribution in [0.1, 0.15) is 5.56 Å². The number of fused-ring (bicyclic) bond motifs is 2. The number of nitro groups is 1. The average Bonchev–Trinajstić information content (AvgIpc) is 2.35. The van der Waals surface area contributed by atoms with Gasteiger partial charge < -0.3 is 5.32 Å². The van der Waals surface area contributed by atoms with E-state index in [4.69, 9.17) is 0 Å². The van der Waals surface area contributed by atoms with Crippen LogP contribution in [0.4, 0.5) is 17.1 Å². The zero-order valence-corrected chi connectivity index (χ0v) is 10.5. The smallest absolute Gasteiger partial charge is 0.293 e. The number of para-hydroxylation sites is 1. The fraction of sp³-hybridized carbons (Fsp3) is 0.0769. The lowest BCUT2D eigenvalue weighted by Gasteiger charge is -2.20. The van der Waals surface area contributed by atoms with Crippen LogP contribution in [0.3, 0.4) is 0 Å². The molecule has 0 saturated carbocycles. The first-order chi connectivity index (χ1) is 8.65. The molecule has 0 fully saturated rings. The van der Waals surface area contributed by atoms with Gasteiger partial charge in [-0.25, -0.2) is 0 Å². The minimum Gasteiger partial charge on any atom is -0.348 e. The Balaban J connectivity index is 2.14. The number of benzene rings is 2. The van der Waals surface area contributed by atoms with Gasteiger partial charge in [-0.1, -0.05) is 23.9 Å². The second kappa shape index (κ2) is 4.03. The summed E-state index contributed by atoms with van der Waals surface area (Å²) in [6.07, 6.45) is 0. The van der Waals surface area contributed by atoms with Crippen molar-refractivity contribution in [2.45, 2.75) is 16.7 Å². The molecule has 1 aliphatic heterocycles. The molecule has 1 aliphatic rings. The van der Waals surface area contributed by atoms with Crippen LogP contribution in [-0.4, -0.2) is 4.92 Å². The first-order valence-electron chi connectivity index (χ1n) is 5.48. The average molecular weight is 258 g/mol. The fourth-order valence-electron chi connectivity index (χ4n) is 1.97. The van der Waals surface area contributed by atoms with E-state index in [1.807, 2.05) is 31.2 Å². The summed E-state index contributed by atoms with van der Waals surface area (Å²) >= 11 is 1.56. The molecule has 1 N–H and O–H groups in total. The Hall–Kier alpha value is -2.01. The van der Waals surface area contributed by atoms with Crippen molar-refractivity contribution >= 4 is 28.8 Å². The second-order valence-electron chi connectivity index (χ2n) is 4.13. The minimum atomic E-state index is -0.354. The Morgan fingerprint density at radius 2 is 2.06 bits per heavy atom. The zero-order valence-electron chi connectivity index (χ0n) is 9.64. The van der Waals surface area contributed by atoms with E-state index in [-0.39, 0.29) is 10.6 Å². The molecule has 0 unspecified atom stereocenters. The molecule has 0 spiro atoms. The molecule has 2 aromatic carbocycles. The third kappa shape index (κ3) is 1.73. The molecule has 4 nitrogen and oxygen atoms in total. The van der Waals surface area contributed by atoms with Crippen LogP contribution >= 0.6 is 11.8 Å². The van der Waals surface area contributed by atoms with E-state index in [9.17, 15) is 10.1 Å². The predicted octanol–water partition coefficient (Wildman–Crippen LogP) is 4.11. The summed E-state index contributed by atoms with van der Waals surface area (Å²) in [5.41, 5.74) is 2.77. The highest BCUT2D eigenvalue weighted by molar-refractivity contribution is 7.99. The number of rotatable bonds is 1. The van der Waals surface area contributed by atoms with Crippen molar-refractivity contribution in [3.63, 3.8) is 0 Å². The van der Waals surface area contributed by atoms with E-state index in [0.29, 0.717) is 5.69 Å².